The van der Waals surface area contributed by atoms with Crippen LogP contribution in [0.4, 0.5) is 5.69 Å². The van der Waals surface area contributed by atoms with Crippen LogP contribution in [0.25, 0.3) is 16.9 Å². The van der Waals surface area contributed by atoms with Crippen LogP contribution in [0, 0.1) is 0 Å². The molecule has 1 N–H and O–H groups in total. The number of fused-ring (bicyclic) bond motifs is 1. The highest BCUT2D eigenvalue weighted by molar-refractivity contribution is 9.10. The second-order valence-corrected chi connectivity index (χ2v) is 6.55. The molecule has 2 heterocycles. The van der Waals surface area contributed by atoms with E-state index >= 15 is 0 Å². The lowest BCUT2D eigenvalue weighted by molar-refractivity contribution is 0.102. The molecule has 0 aliphatic rings. The maximum Gasteiger partial charge on any atom is 0.255 e. The van der Waals surface area contributed by atoms with Gasteiger partial charge in [-0.3, -0.25) is 4.79 Å². The number of nitrogens with zero attached hydrogens (tertiary/aromatic N) is 2. The van der Waals surface area contributed by atoms with Crippen LogP contribution < -0.4 is 5.32 Å². The van der Waals surface area contributed by atoms with Gasteiger partial charge in [0.05, 0.1) is 11.4 Å². The lowest BCUT2D eigenvalue weighted by atomic mass is 10.2. The van der Waals surface area contributed by atoms with E-state index in [1.165, 1.54) is 0 Å². The van der Waals surface area contributed by atoms with Crippen molar-refractivity contribution in [3.63, 3.8) is 0 Å². The van der Waals surface area contributed by atoms with Crippen molar-refractivity contribution in [3.05, 3.63) is 89.2 Å². The minimum absolute atomic E-state index is 0.131. The maximum atomic E-state index is 12.3. The Hall–Kier alpha value is -2.92. The molecule has 4 aromatic rings. The van der Waals surface area contributed by atoms with Crippen LogP contribution in [0.5, 0.6) is 0 Å². The Balaban J connectivity index is 1.62. The minimum Gasteiger partial charge on any atom is -0.321 e. The summed E-state index contributed by atoms with van der Waals surface area (Å²) in [5.41, 5.74) is 4.11. The van der Waals surface area contributed by atoms with Crippen LogP contribution in [0.1, 0.15) is 10.4 Å². The third kappa shape index (κ3) is 3.32. The van der Waals surface area contributed by atoms with Gasteiger partial charge in [-0.05, 0) is 36.4 Å². The average Bonchev–Trinajstić information content (AvgIpc) is 3.06. The van der Waals surface area contributed by atoms with Crippen LogP contribution in [0.3, 0.4) is 0 Å². The van der Waals surface area contributed by atoms with E-state index in [0.29, 0.717) is 5.56 Å². The molecule has 5 heteroatoms. The van der Waals surface area contributed by atoms with E-state index in [1.54, 1.807) is 12.1 Å². The van der Waals surface area contributed by atoms with E-state index in [-0.39, 0.29) is 5.91 Å². The van der Waals surface area contributed by atoms with Crippen LogP contribution >= 0.6 is 15.9 Å². The topological polar surface area (TPSA) is 46.4 Å². The van der Waals surface area contributed by atoms with Gasteiger partial charge in [-0.25, -0.2) is 4.98 Å². The van der Waals surface area contributed by atoms with Crippen molar-refractivity contribution >= 4 is 33.2 Å². The van der Waals surface area contributed by atoms with Gasteiger partial charge in [0.25, 0.3) is 5.91 Å². The van der Waals surface area contributed by atoms with Gasteiger partial charge < -0.3 is 9.72 Å². The molecule has 4 nitrogen and oxygen atoms in total. The van der Waals surface area contributed by atoms with Gasteiger partial charge in [0, 0.05) is 28.0 Å². The summed E-state index contributed by atoms with van der Waals surface area (Å²) in [6.45, 7) is 0. The predicted molar refractivity (Wildman–Crippen MR) is 103 cm³/mol. The van der Waals surface area contributed by atoms with Crippen LogP contribution in [0.2, 0.25) is 0 Å². The first-order chi connectivity index (χ1) is 12.2. The third-order valence-electron chi connectivity index (χ3n) is 3.88. The number of anilines is 1. The SMILES string of the molecule is O=C(Nc1ccc2nc(-c3ccc(Br)cc3)cn2c1)c1ccccc1. The standard InChI is InChI=1S/C20H14BrN3O/c21-16-8-6-14(7-9-16)18-13-24-12-17(10-11-19(24)23-18)22-20(25)15-4-2-1-3-5-15/h1-13H,(H,22,25). The van der Waals surface area contributed by atoms with Crippen molar-refractivity contribution in [2.75, 3.05) is 5.32 Å². The Bertz CT molecular complexity index is 1040. The summed E-state index contributed by atoms with van der Waals surface area (Å²) in [6, 6.07) is 20.9. The smallest absolute Gasteiger partial charge is 0.255 e. The number of carbonyl (C=O) groups is 1. The minimum atomic E-state index is -0.131. The number of halogens is 1. The Morgan fingerprint density at radius 3 is 2.44 bits per heavy atom. The van der Waals surface area contributed by atoms with E-state index in [9.17, 15) is 4.79 Å². The van der Waals surface area contributed by atoms with Crippen molar-refractivity contribution in [1.82, 2.24) is 9.38 Å². The molecule has 122 valence electrons. The first kappa shape index (κ1) is 15.6. The Kier molecular flexibility index (Phi) is 4.07. The van der Waals surface area contributed by atoms with Crippen molar-refractivity contribution < 1.29 is 4.79 Å². The molecule has 25 heavy (non-hydrogen) atoms. The van der Waals surface area contributed by atoms with E-state index in [1.807, 2.05) is 71.4 Å². The second-order valence-electron chi connectivity index (χ2n) is 5.64. The maximum absolute atomic E-state index is 12.3. The Labute approximate surface area is 153 Å². The van der Waals surface area contributed by atoms with Gasteiger partial charge in [0.2, 0.25) is 0 Å². The molecule has 0 spiro atoms. The highest BCUT2D eigenvalue weighted by Crippen LogP contribution is 2.22. The zero-order valence-electron chi connectivity index (χ0n) is 13.2. The average molecular weight is 392 g/mol. The van der Waals surface area contributed by atoms with Gasteiger partial charge in [-0.15, -0.1) is 0 Å². The molecule has 0 atom stereocenters. The number of rotatable bonds is 3. The van der Waals surface area contributed by atoms with E-state index in [2.05, 4.69) is 26.2 Å². The van der Waals surface area contributed by atoms with Gasteiger partial charge in [-0.2, -0.15) is 0 Å². The van der Waals surface area contributed by atoms with Gasteiger partial charge in [0.15, 0.2) is 0 Å². The number of amides is 1. The molecule has 0 radical (unpaired) electrons. The summed E-state index contributed by atoms with van der Waals surface area (Å²) in [6.07, 6.45) is 3.82. The molecular formula is C20H14BrN3O. The fourth-order valence-corrected chi connectivity index (χ4v) is 2.88. The molecule has 2 aromatic heterocycles. The second kappa shape index (κ2) is 6.53. The van der Waals surface area contributed by atoms with E-state index in [0.717, 1.165) is 27.1 Å². The zero-order valence-corrected chi connectivity index (χ0v) is 14.8. The number of imidazole rings is 1. The number of nitrogens with one attached hydrogen (secondary N) is 1. The highest BCUT2D eigenvalue weighted by Gasteiger charge is 2.08. The lowest BCUT2D eigenvalue weighted by Crippen LogP contribution is -2.11. The van der Waals surface area contributed by atoms with Crippen LogP contribution in [-0.4, -0.2) is 15.3 Å². The van der Waals surface area contributed by atoms with Gasteiger partial charge in [-0.1, -0.05) is 46.3 Å². The quantitative estimate of drug-likeness (QED) is 0.533. The predicted octanol–water partition coefficient (Wildman–Crippen LogP) is 5.02. The van der Waals surface area contributed by atoms with Crippen molar-refractivity contribution in [3.8, 4) is 11.3 Å². The zero-order chi connectivity index (χ0) is 17.2. The molecule has 0 aliphatic heterocycles. The summed E-state index contributed by atoms with van der Waals surface area (Å²) >= 11 is 3.44. The summed E-state index contributed by atoms with van der Waals surface area (Å²) in [7, 11) is 0. The van der Waals surface area contributed by atoms with Crippen LogP contribution in [-0.2, 0) is 0 Å². The Morgan fingerprint density at radius 1 is 0.920 bits per heavy atom. The molecule has 1 amide bonds. The first-order valence-corrected chi connectivity index (χ1v) is 8.59. The molecule has 2 aromatic carbocycles. The number of carbonyl (C=O) groups excluding carboxylic acids is 1. The number of hydrogen-bond acceptors (Lipinski definition) is 2. The number of aromatic nitrogens is 2. The highest BCUT2D eigenvalue weighted by atomic mass is 79.9. The molecule has 0 fully saturated rings. The van der Waals surface area contributed by atoms with Gasteiger partial charge >= 0.3 is 0 Å². The monoisotopic (exact) mass is 391 g/mol. The van der Waals surface area contributed by atoms with Crippen molar-refractivity contribution in [2.24, 2.45) is 0 Å². The Morgan fingerprint density at radius 2 is 1.68 bits per heavy atom. The summed E-state index contributed by atoms with van der Waals surface area (Å²) in [4.78, 5) is 16.9. The van der Waals surface area contributed by atoms with Crippen molar-refractivity contribution in [2.45, 2.75) is 0 Å². The fourth-order valence-electron chi connectivity index (χ4n) is 2.62. The first-order valence-electron chi connectivity index (χ1n) is 7.80. The summed E-state index contributed by atoms with van der Waals surface area (Å²) < 4.78 is 2.95. The van der Waals surface area contributed by atoms with Crippen molar-refractivity contribution in [1.29, 1.82) is 0 Å². The lowest BCUT2D eigenvalue weighted by Gasteiger charge is -2.05. The number of pyridine rings is 1. The molecule has 0 unspecified atom stereocenters. The third-order valence-corrected chi connectivity index (χ3v) is 4.41. The molecular weight excluding hydrogens is 378 g/mol. The molecule has 0 bridgehead atoms. The van der Waals surface area contributed by atoms with Crippen LogP contribution in [0.15, 0.2) is 83.6 Å². The fraction of sp³-hybridized carbons (Fsp3) is 0. The summed E-state index contributed by atoms with van der Waals surface area (Å²) in [5.74, 6) is -0.131. The molecule has 4 rings (SSSR count). The number of hydrogen-bond donors (Lipinski definition) is 1. The van der Waals surface area contributed by atoms with Gasteiger partial charge in [0.1, 0.15) is 5.65 Å². The molecule has 0 aliphatic carbocycles. The molecule has 0 saturated carbocycles. The van der Waals surface area contributed by atoms with E-state index in [4.69, 9.17) is 0 Å². The largest absolute Gasteiger partial charge is 0.321 e. The van der Waals surface area contributed by atoms with E-state index < -0.39 is 0 Å². The normalized spacial score (nSPS) is 10.8. The molecule has 0 saturated heterocycles. The number of benzene rings is 2. The summed E-state index contributed by atoms with van der Waals surface area (Å²) in [5, 5.41) is 2.91.